The fourth-order valence-electron chi connectivity index (χ4n) is 3.66. The van der Waals surface area contributed by atoms with Gasteiger partial charge in [-0.05, 0) is 27.4 Å². The van der Waals surface area contributed by atoms with Gasteiger partial charge in [-0.2, -0.15) is 8.42 Å². The molecule has 0 amide bonds. The average molecular weight is 593 g/mol. The first-order chi connectivity index (χ1) is 15.1. The number of nitrogens with two attached hydrogens (primary N) is 1. The summed E-state index contributed by atoms with van der Waals surface area (Å²) in [6.07, 6.45) is 0.715. The summed E-state index contributed by atoms with van der Waals surface area (Å²) in [6.45, 7) is 14.1. The monoisotopic (exact) mass is 592 g/mol. The van der Waals surface area contributed by atoms with E-state index in [0.29, 0.717) is 16.6 Å². The van der Waals surface area contributed by atoms with Gasteiger partial charge >= 0.3 is 0 Å². The van der Waals surface area contributed by atoms with Crippen molar-refractivity contribution in [2.45, 2.75) is 51.9 Å². The van der Waals surface area contributed by atoms with Gasteiger partial charge in [-0.25, -0.2) is 0 Å². The largest absolute Gasteiger partial charge is 0.406 e. The van der Waals surface area contributed by atoms with E-state index in [1.165, 1.54) is 5.30 Å². The smallest absolute Gasteiger partial charge is 0.261 e. The minimum Gasteiger partial charge on any atom is -0.406 e. The Morgan fingerprint density at radius 2 is 1.24 bits per heavy atom. The SMILES string of the molecule is CC(C)(C)P(c1ccccc1)C(C)(C)C.CS(=O)(=O)O.Nc1ccccc1-c1[c-]cccc1.[Pd]. The molecule has 34 heavy (non-hydrogen) atoms. The second-order valence-electron chi connectivity index (χ2n) is 9.61. The third-order valence-electron chi connectivity index (χ3n) is 4.32. The molecule has 0 saturated carbocycles. The normalized spacial score (nSPS) is 11.3. The number of rotatable bonds is 2. The fourth-order valence-corrected chi connectivity index (χ4v) is 7.69. The Balaban J connectivity index is 0.000000526. The van der Waals surface area contributed by atoms with Gasteiger partial charge in [-0.3, -0.25) is 4.55 Å². The average Bonchev–Trinajstić information content (AvgIpc) is 2.67. The van der Waals surface area contributed by atoms with Crippen LogP contribution in [0.15, 0.2) is 78.9 Å². The van der Waals surface area contributed by atoms with Crippen LogP contribution in [0.2, 0.25) is 0 Å². The van der Waals surface area contributed by atoms with E-state index in [-0.39, 0.29) is 28.3 Å². The minimum absolute atomic E-state index is 0. The van der Waals surface area contributed by atoms with Crippen molar-refractivity contribution in [3.05, 3.63) is 84.9 Å². The Labute approximate surface area is 221 Å². The fraction of sp³-hybridized carbons (Fsp3) is 0.333. The van der Waals surface area contributed by atoms with Gasteiger partial charge in [0, 0.05) is 20.4 Å². The van der Waals surface area contributed by atoms with Crippen LogP contribution in [0.3, 0.4) is 0 Å². The van der Waals surface area contributed by atoms with Gasteiger partial charge in [-0.15, -0.1) is 35.9 Å². The van der Waals surface area contributed by atoms with Crippen molar-refractivity contribution >= 4 is 29.0 Å². The van der Waals surface area contributed by atoms with Crippen molar-refractivity contribution in [3.63, 3.8) is 0 Å². The number of benzene rings is 3. The third-order valence-corrected chi connectivity index (χ3v) is 7.81. The molecule has 0 aliphatic heterocycles. The predicted molar refractivity (Wildman–Crippen MR) is 145 cm³/mol. The molecule has 4 nitrogen and oxygen atoms in total. The zero-order valence-electron chi connectivity index (χ0n) is 21.0. The molecule has 0 heterocycles. The molecule has 0 aliphatic rings. The van der Waals surface area contributed by atoms with Gasteiger partial charge in [-0.1, -0.05) is 104 Å². The molecule has 0 spiro atoms. The molecule has 0 fully saturated rings. The molecule has 190 valence electrons. The van der Waals surface area contributed by atoms with Crippen LogP contribution in [0, 0.1) is 6.07 Å². The summed E-state index contributed by atoms with van der Waals surface area (Å²) in [5, 5.41) is 2.26. The first kappa shape index (κ1) is 32.5. The summed E-state index contributed by atoms with van der Waals surface area (Å²) in [6, 6.07) is 29.8. The summed E-state index contributed by atoms with van der Waals surface area (Å²) in [5.41, 5.74) is 8.72. The quantitative estimate of drug-likeness (QED) is 0.115. The minimum atomic E-state index is -3.67. The Hall–Kier alpha value is -1.54. The molecule has 7 heteroatoms. The van der Waals surface area contributed by atoms with E-state index < -0.39 is 10.1 Å². The zero-order chi connectivity index (χ0) is 25.3. The van der Waals surface area contributed by atoms with Crippen molar-refractivity contribution in [1.82, 2.24) is 0 Å². The predicted octanol–water partition coefficient (Wildman–Crippen LogP) is 6.63. The Kier molecular flexibility index (Phi) is 13.5. The number of nitrogen functional groups attached to an aromatic ring is 1. The summed E-state index contributed by atoms with van der Waals surface area (Å²) in [5.74, 6) is 0. The molecule has 0 radical (unpaired) electrons. The van der Waals surface area contributed by atoms with Crippen molar-refractivity contribution < 1.29 is 33.4 Å². The maximum Gasteiger partial charge on any atom is 0.261 e. The van der Waals surface area contributed by atoms with Crippen molar-refractivity contribution in [1.29, 1.82) is 0 Å². The molecule has 0 saturated heterocycles. The van der Waals surface area contributed by atoms with Gasteiger partial charge in [0.2, 0.25) is 0 Å². The van der Waals surface area contributed by atoms with Gasteiger partial charge in [0.15, 0.2) is 0 Å². The Morgan fingerprint density at radius 3 is 1.65 bits per heavy atom. The van der Waals surface area contributed by atoms with E-state index in [9.17, 15) is 8.42 Å². The summed E-state index contributed by atoms with van der Waals surface area (Å²) >= 11 is 0. The van der Waals surface area contributed by atoms with Gasteiger partial charge < -0.3 is 5.73 Å². The molecule has 3 aromatic rings. The van der Waals surface area contributed by atoms with Crippen LogP contribution in [0.5, 0.6) is 0 Å². The molecule has 3 aromatic carbocycles. The second kappa shape index (κ2) is 14.1. The Bertz CT molecular complexity index is 1060. The molecule has 3 N–H and O–H groups in total. The first-order valence-corrected chi connectivity index (χ1v) is 13.9. The zero-order valence-corrected chi connectivity index (χ0v) is 24.3. The topological polar surface area (TPSA) is 80.4 Å². The number of hydrogen-bond acceptors (Lipinski definition) is 3. The van der Waals surface area contributed by atoms with E-state index in [2.05, 4.69) is 77.9 Å². The van der Waals surface area contributed by atoms with Crippen molar-refractivity contribution in [2.24, 2.45) is 0 Å². The third kappa shape index (κ3) is 12.8. The van der Waals surface area contributed by atoms with Gasteiger partial charge in [0.05, 0.1) is 6.26 Å². The van der Waals surface area contributed by atoms with E-state index in [1.807, 2.05) is 48.5 Å². The van der Waals surface area contributed by atoms with Crippen LogP contribution in [0.25, 0.3) is 11.1 Å². The van der Waals surface area contributed by atoms with Crippen LogP contribution in [-0.4, -0.2) is 29.5 Å². The van der Waals surface area contributed by atoms with Gasteiger partial charge in [0.1, 0.15) is 0 Å². The molecule has 0 aliphatic carbocycles. The number of hydrogen-bond donors (Lipinski definition) is 2. The van der Waals surface area contributed by atoms with Crippen LogP contribution in [0.1, 0.15) is 41.5 Å². The van der Waals surface area contributed by atoms with E-state index >= 15 is 0 Å². The number of anilines is 1. The molecule has 3 rings (SSSR count). The van der Waals surface area contributed by atoms with Crippen LogP contribution in [0.4, 0.5) is 5.69 Å². The molecule has 0 atom stereocenters. The Morgan fingerprint density at radius 1 is 0.794 bits per heavy atom. The molecular formula is C27H37NO3PPdS-. The van der Waals surface area contributed by atoms with E-state index in [1.54, 1.807) is 0 Å². The maximum atomic E-state index is 9.19. The van der Waals surface area contributed by atoms with Crippen molar-refractivity contribution in [2.75, 3.05) is 12.0 Å². The molecule has 0 unspecified atom stereocenters. The first-order valence-electron chi connectivity index (χ1n) is 10.7. The van der Waals surface area contributed by atoms with Crippen LogP contribution < -0.4 is 11.0 Å². The van der Waals surface area contributed by atoms with Crippen LogP contribution in [-0.2, 0) is 30.5 Å². The van der Waals surface area contributed by atoms with E-state index in [0.717, 1.165) is 16.8 Å². The van der Waals surface area contributed by atoms with E-state index in [4.69, 9.17) is 10.3 Å². The molecule has 0 bridgehead atoms. The van der Waals surface area contributed by atoms with Crippen LogP contribution >= 0.6 is 7.92 Å². The molecule has 0 aromatic heterocycles. The summed E-state index contributed by atoms with van der Waals surface area (Å²) in [7, 11) is -3.80. The standard InChI is InChI=1S/C14H23P.C12H10N.CH4O3S.Pd/c1-13(2,3)15(14(4,5)6)12-10-8-7-9-11-12;13-12-9-5-4-8-11(12)10-6-2-1-3-7-10;1-5(2,3)4;/h7-11H,1-6H3;1-6,8-9H,13H2;1H3,(H,2,3,4);/q;-1;;. The van der Waals surface area contributed by atoms with Crippen molar-refractivity contribution in [3.8, 4) is 11.1 Å². The maximum absolute atomic E-state index is 9.19. The molecular weight excluding hydrogens is 556 g/mol. The summed E-state index contributed by atoms with van der Waals surface area (Å²) in [4.78, 5) is 0. The second-order valence-corrected chi connectivity index (χ2v) is 14.9. The number of para-hydroxylation sites is 1. The van der Waals surface area contributed by atoms with Gasteiger partial charge in [0.25, 0.3) is 10.1 Å². The summed E-state index contributed by atoms with van der Waals surface area (Å²) < 4.78 is 25.9.